The molecule has 8 nitrogen and oxygen atoms in total. The number of nitrogens with zero attached hydrogens (tertiary/aromatic N) is 2. The molecule has 0 radical (unpaired) electrons. The van der Waals surface area contributed by atoms with E-state index in [2.05, 4.69) is 10.4 Å². The number of carbonyl (C=O) groups excluding carboxylic acids is 1. The van der Waals surface area contributed by atoms with Crippen molar-refractivity contribution >= 4 is 11.6 Å². The molecule has 2 aromatic carbocycles. The van der Waals surface area contributed by atoms with Crippen LogP contribution in [-0.2, 0) is 0 Å². The van der Waals surface area contributed by atoms with Crippen LogP contribution in [0.15, 0.2) is 42.6 Å². The maximum Gasteiger partial charge on any atom is 0.280 e. The highest BCUT2D eigenvalue weighted by atomic mass is 19.1. The van der Waals surface area contributed by atoms with Crippen molar-refractivity contribution in [2.75, 3.05) is 33.3 Å². The summed E-state index contributed by atoms with van der Waals surface area (Å²) in [5.41, 5.74) is 1.11. The number of rotatable bonds is 9. The summed E-state index contributed by atoms with van der Waals surface area (Å²) in [5.74, 6) is 0.680. The van der Waals surface area contributed by atoms with E-state index in [1.807, 2.05) is 6.92 Å². The van der Waals surface area contributed by atoms with Crippen LogP contribution in [0.3, 0.4) is 0 Å². The van der Waals surface area contributed by atoms with Gasteiger partial charge in [0.1, 0.15) is 5.82 Å². The van der Waals surface area contributed by atoms with Gasteiger partial charge in [-0.05, 0) is 30.7 Å². The highest BCUT2D eigenvalue weighted by Gasteiger charge is 2.21. The number of ether oxygens (including phenoxy) is 4. The summed E-state index contributed by atoms with van der Waals surface area (Å²) in [6.45, 7) is 2.37. The molecule has 0 aliphatic carbocycles. The molecular weight excluding hydrogens is 405 g/mol. The van der Waals surface area contributed by atoms with Crippen molar-refractivity contribution in [3.8, 4) is 28.7 Å². The van der Waals surface area contributed by atoms with Gasteiger partial charge >= 0.3 is 0 Å². The molecule has 0 fully saturated rings. The maximum atomic E-state index is 13.3. The summed E-state index contributed by atoms with van der Waals surface area (Å²) in [6.07, 6.45) is 2.35. The number of benzene rings is 2. The van der Waals surface area contributed by atoms with Crippen LogP contribution in [-0.4, -0.2) is 43.6 Å². The normalized spacial score (nSPS) is 10.5. The minimum absolute atomic E-state index is 0.0894. The first-order chi connectivity index (χ1) is 15.0. The van der Waals surface area contributed by atoms with Gasteiger partial charge in [0.25, 0.3) is 5.91 Å². The van der Waals surface area contributed by atoms with E-state index in [0.29, 0.717) is 41.0 Å². The Labute approximate surface area is 179 Å². The van der Waals surface area contributed by atoms with Crippen LogP contribution in [0.4, 0.5) is 10.1 Å². The van der Waals surface area contributed by atoms with Gasteiger partial charge in [0.05, 0.1) is 39.8 Å². The second-order valence-corrected chi connectivity index (χ2v) is 6.48. The third kappa shape index (κ3) is 4.88. The highest BCUT2D eigenvalue weighted by Crippen LogP contribution is 2.40. The van der Waals surface area contributed by atoms with Crippen LogP contribution < -0.4 is 24.3 Å². The van der Waals surface area contributed by atoms with Gasteiger partial charge in [0, 0.05) is 17.8 Å². The molecule has 31 heavy (non-hydrogen) atoms. The van der Waals surface area contributed by atoms with Crippen LogP contribution in [0.2, 0.25) is 0 Å². The van der Waals surface area contributed by atoms with Gasteiger partial charge in [0.15, 0.2) is 22.9 Å². The number of carbonyl (C=O) groups is 1. The van der Waals surface area contributed by atoms with Crippen molar-refractivity contribution in [3.05, 3.63) is 54.1 Å². The molecule has 0 saturated heterocycles. The third-order valence-electron chi connectivity index (χ3n) is 4.37. The highest BCUT2D eigenvalue weighted by molar-refractivity contribution is 6.05. The molecule has 0 aliphatic rings. The summed E-state index contributed by atoms with van der Waals surface area (Å²) in [5, 5.41) is 7.13. The quantitative estimate of drug-likeness (QED) is 0.552. The van der Waals surface area contributed by atoms with Crippen molar-refractivity contribution < 1.29 is 28.1 Å². The zero-order valence-electron chi connectivity index (χ0n) is 17.8. The lowest BCUT2D eigenvalue weighted by atomic mass is 10.2. The molecule has 1 N–H and O–H groups in total. The zero-order valence-corrected chi connectivity index (χ0v) is 17.8. The Morgan fingerprint density at radius 2 is 1.68 bits per heavy atom. The van der Waals surface area contributed by atoms with Crippen molar-refractivity contribution in [3.63, 3.8) is 0 Å². The molecule has 9 heteroatoms. The number of amides is 1. The fourth-order valence-corrected chi connectivity index (χ4v) is 2.90. The van der Waals surface area contributed by atoms with E-state index in [4.69, 9.17) is 18.9 Å². The van der Waals surface area contributed by atoms with Crippen LogP contribution in [0, 0.1) is 5.82 Å². The Bertz CT molecular complexity index is 1020. The SMILES string of the molecule is CCCOc1cn(-c2ccc(F)cc2)nc1C(=O)Nc1cc(OC)c(OC)c(OC)c1. The minimum Gasteiger partial charge on any atom is -0.493 e. The van der Waals surface area contributed by atoms with Gasteiger partial charge in [0.2, 0.25) is 5.75 Å². The molecule has 164 valence electrons. The predicted molar refractivity (Wildman–Crippen MR) is 113 cm³/mol. The molecule has 0 bridgehead atoms. The molecule has 1 heterocycles. The molecule has 1 aromatic heterocycles. The van der Waals surface area contributed by atoms with E-state index in [1.165, 1.54) is 38.1 Å². The van der Waals surface area contributed by atoms with Crippen molar-refractivity contribution in [2.24, 2.45) is 0 Å². The molecule has 3 rings (SSSR count). The topological polar surface area (TPSA) is 83.8 Å². The Kier molecular flexibility index (Phi) is 6.96. The van der Waals surface area contributed by atoms with Gasteiger partial charge in [-0.2, -0.15) is 5.10 Å². The third-order valence-corrected chi connectivity index (χ3v) is 4.37. The lowest BCUT2D eigenvalue weighted by Gasteiger charge is -2.14. The number of anilines is 1. The molecule has 3 aromatic rings. The van der Waals surface area contributed by atoms with Gasteiger partial charge in [-0.25, -0.2) is 9.07 Å². The summed E-state index contributed by atoms with van der Waals surface area (Å²) < 4.78 is 36.4. The summed E-state index contributed by atoms with van der Waals surface area (Å²) in [4.78, 5) is 13.0. The van der Waals surface area contributed by atoms with E-state index in [9.17, 15) is 9.18 Å². The fourth-order valence-electron chi connectivity index (χ4n) is 2.90. The molecule has 0 unspecified atom stereocenters. The monoisotopic (exact) mass is 429 g/mol. The molecule has 0 atom stereocenters. The summed E-state index contributed by atoms with van der Waals surface area (Å²) in [6, 6.07) is 8.99. The van der Waals surface area contributed by atoms with Gasteiger partial charge in [-0.15, -0.1) is 0 Å². The standard InChI is InChI=1S/C22H24FN3O5/c1-5-10-31-19-13-26(16-8-6-14(23)7-9-16)25-20(19)22(27)24-15-11-17(28-2)21(30-4)18(12-15)29-3/h6-9,11-13H,5,10H2,1-4H3,(H,24,27). The number of hydrogen-bond donors (Lipinski definition) is 1. The van der Waals surface area contributed by atoms with Crippen molar-refractivity contribution in [1.82, 2.24) is 9.78 Å². The van der Waals surface area contributed by atoms with Gasteiger partial charge in [-0.3, -0.25) is 4.79 Å². The molecule has 0 saturated carbocycles. The first-order valence-electron chi connectivity index (χ1n) is 9.60. The van der Waals surface area contributed by atoms with Crippen LogP contribution in [0.1, 0.15) is 23.8 Å². The molecular formula is C22H24FN3O5. The average molecular weight is 429 g/mol. The number of nitrogens with one attached hydrogen (secondary N) is 1. The van der Waals surface area contributed by atoms with E-state index in [-0.39, 0.29) is 11.5 Å². The second kappa shape index (κ2) is 9.84. The van der Waals surface area contributed by atoms with E-state index >= 15 is 0 Å². The smallest absolute Gasteiger partial charge is 0.280 e. The second-order valence-electron chi connectivity index (χ2n) is 6.48. The summed E-state index contributed by atoms with van der Waals surface area (Å²) in [7, 11) is 4.48. The van der Waals surface area contributed by atoms with Crippen LogP contribution >= 0.6 is 0 Å². The lowest BCUT2D eigenvalue weighted by Crippen LogP contribution is -2.15. The van der Waals surface area contributed by atoms with E-state index < -0.39 is 5.91 Å². The van der Waals surface area contributed by atoms with E-state index in [0.717, 1.165) is 6.42 Å². The zero-order chi connectivity index (χ0) is 22.4. The maximum absolute atomic E-state index is 13.3. The minimum atomic E-state index is -0.485. The van der Waals surface area contributed by atoms with Gasteiger partial charge < -0.3 is 24.3 Å². The van der Waals surface area contributed by atoms with Gasteiger partial charge in [-0.1, -0.05) is 6.92 Å². The molecule has 1 amide bonds. The molecule has 0 aliphatic heterocycles. The molecule has 0 spiro atoms. The summed E-state index contributed by atoms with van der Waals surface area (Å²) >= 11 is 0. The average Bonchev–Trinajstić information content (AvgIpc) is 3.21. The number of aromatic nitrogens is 2. The Hall–Kier alpha value is -3.75. The van der Waals surface area contributed by atoms with Crippen LogP contribution in [0.5, 0.6) is 23.0 Å². The van der Waals surface area contributed by atoms with Crippen molar-refractivity contribution in [2.45, 2.75) is 13.3 Å². The largest absolute Gasteiger partial charge is 0.493 e. The van der Waals surface area contributed by atoms with E-state index in [1.54, 1.807) is 30.5 Å². The fraction of sp³-hybridized carbons (Fsp3) is 0.273. The van der Waals surface area contributed by atoms with Crippen LogP contribution in [0.25, 0.3) is 5.69 Å². The Morgan fingerprint density at radius 3 is 2.23 bits per heavy atom. The Morgan fingerprint density at radius 1 is 1.03 bits per heavy atom. The number of hydrogen-bond acceptors (Lipinski definition) is 6. The number of halogens is 1. The predicted octanol–water partition coefficient (Wildman–Crippen LogP) is 4.08. The van der Waals surface area contributed by atoms with Crippen molar-refractivity contribution in [1.29, 1.82) is 0 Å². The first kappa shape index (κ1) is 21.9. The Balaban J connectivity index is 1.94. The first-order valence-corrected chi connectivity index (χ1v) is 9.60. The lowest BCUT2D eigenvalue weighted by molar-refractivity contribution is 0.101. The number of methoxy groups -OCH3 is 3.